The van der Waals surface area contributed by atoms with Crippen LogP contribution >= 0.6 is 11.8 Å². The Bertz CT molecular complexity index is 866. The number of nitrogens with zero attached hydrogens (tertiary/aromatic N) is 4. The minimum Gasteiger partial charge on any atom is -0.497 e. The number of amides is 1. The Morgan fingerprint density at radius 2 is 2.04 bits per heavy atom. The van der Waals surface area contributed by atoms with E-state index in [0.29, 0.717) is 16.6 Å². The molecule has 2 aromatic heterocycles. The molecule has 3 aromatic rings. The van der Waals surface area contributed by atoms with E-state index in [1.807, 2.05) is 41.9 Å². The third-order valence-electron chi connectivity index (χ3n) is 3.46. The predicted octanol–water partition coefficient (Wildman–Crippen LogP) is 2.62. The van der Waals surface area contributed by atoms with Crippen LogP contribution in [0.1, 0.15) is 0 Å². The van der Waals surface area contributed by atoms with Crippen LogP contribution in [-0.4, -0.2) is 38.5 Å². The standard InChI is InChI=1S/C17H17N5O2S/c1-22-16(12-6-8-18-9-7-12)20-21-17(22)25-11-15(23)19-13-4-3-5-14(10-13)24-2/h3-10H,11H2,1-2H3,(H,19,23). The molecular formula is C17H17N5O2S. The molecule has 1 aromatic carbocycles. The van der Waals surface area contributed by atoms with Gasteiger partial charge in [0.15, 0.2) is 11.0 Å². The molecule has 0 bridgehead atoms. The van der Waals surface area contributed by atoms with Gasteiger partial charge in [-0.15, -0.1) is 10.2 Å². The minimum absolute atomic E-state index is 0.119. The second kappa shape index (κ2) is 7.80. The molecule has 8 heteroatoms. The van der Waals surface area contributed by atoms with Crippen molar-refractivity contribution >= 4 is 23.4 Å². The van der Waals surface area contributed by atoms with Crippen molar-refractivity contribution in [2.24, 2.45) is 7.05 Å². The Balaban J connectivity index is 1.62. The van der Waals surface area contributed by atoms with Crippen LogP contribution in [-0.2, 0) is 11.8 Å². The van der Waals surface area contributed by atoms with E-state index in [1.54, 1.807) is 25.6 Å². The number of methoxy groups -OCH3 is 1. The Labute approximate surface area is 149 Å². The van der Waals surface area contributed by atoms with Crippen molar-refractivity contribution in [3.8, 4) is 17.1 Å². The number of carbonyl (C=O) groups is 1. The Morgan fingerprint density at radius 3 is 2.80 bits per heavy atom. The van der Waals surface area contributed by atoms with Crippen molar-refractivity contribution in [3.05, 3.63) is 48.8 Å². The molecule has 1 N–H and O–H groups in total. The zero-order valence-electron chi connectivity index (χ0n) is 13.8. The Hall–Kier alpha value is -2.87. The van der Waals surface area contributed by atoms with Crippen LogP contribution in [0.4, 0.5) is 5.69 Å². The number of carbonyl (C=O) groups excluding carboxylic acids is 1. The summed E-state index contributed by atoms with van der Waals surface area (Å²) in [4.78, 5) is 16.1. The largest absolute Gasteiger partial charge is 0.497 e. The highest BCUT2D eigenvalue weighted by atomic mass is 32.2. The number of pyridine rings is 1. The highest BCUT2D eigenvalue weighted by Crippen LogP contribution is 2.22. The van der Waals surface area contributed by atoms with E-state index >= 15 is 0 Å². The van der Waals surface area contributed by atoms with Crippen molar-refractivity contribution in [1.82, 2.24) is 19.7 Å². The van der Waals surface area contributed by atoms with Crippen LogP contribution < -0.4 is 10.1 Å². The number of benzene rings is 1. The molecule has 3 rings (SSSR count). The van der Waals surface area contributed by atoms with Crippen molar-refractivity contribution in [3.63, 3.8) is 0 Å². The maximum atomic E-state index is 12.1. The molecule has 0 saturated heterocycles. The molecule has 0 aliphatic carbocycles. The van der Waals surface area contributed by atoms with Crippen LogP contribution in [0.25, 0.3) is 11.4 Å². The number of nitrogens with one attached hydrogen (secondary N) is 1. The van der Waals surface area contributed by atoms with E-state index in [1.165, 1.54) is 11.8 Å². The van der Waals surface area contributed by atoms with Gasteiger partial charge in [0.2, 0.25) is 5.91 Å². The number of rotatable bonds is 6. The number of hydrogen-bond acceptors (Lipinski definition) is 6. The molecule has 0 aliphatic rings. The zero-order valence-corrected chi connectivity index (χ0v) is 14.7. The van der Waals surface area contributed by atoms with Crippen LogP contribution in [0.15, 0.2) is 53.9 Å². The molecule has 7 nitrogen and oxygen atoms in total. The second-order valence-corrected chi connectivity index (χ2v) is 6.11. The van der Waals surface area contributed by atoms with Gasteiger partial charge in [0, 0.05) is 36.8 Å². The lowest BCUT2D eigenvalue weighted by Crippen LogP contribution is -2.14. The summed E-state index contributed by atoms with van der Waals surface area (Å²) in [6.07, 6.45) is 3.41. The summed E-state index contributed by atoms with van der Waals surface area (Å²) in [5, 5.41) is 11.9. The van der Waals surface area contributed by atoms with E-state index in [2.05, 4.69) is 20.5 Å². The third-order valence-corrected chi connectivity index (χ3v) is 4.48. The van der Waals surface area contributed by atoms with Crippen LogP contribution in [0.3, 0.4) is 0 Å². The summed E-state index contributed by atoms with van der Waals surface area (Å²) in [5.74, 6) is 1.55. The van der Waals surface area contributed by atoms with Crippen molar-refractivity contribution < 1.29 is 9.53 Å². The number of ether oxygens (including phenoxy) is 1. The highest BCUT2D eigenvalue weighted by Gasteiger charge is 2.13. The van der Waals surface area contributed by atoms with Gasteiger partial charge in [-0.25, -0.2) is 0 Å². The average molecular weight is 355 g/mol. The highest BCUT2D eigenvalue weighted by molar-refractivity contribution is 7.99. The molecular weight excluding hydrogens is 338 g/mol. The molecule has 0 radical (unpaired) electrons. The average Bonchev–Trinajstić information content (AvgIpc) is 3.01. The quantitative estimate of drug-likeness (QED) is 0.685. The first kappa shape index (κ1) is 17.0. The third kappa shape index (κ3) is 4.16. The number of aromatic nitrogens is 4. The topological polar surface area (TPSA) is 81.9 Å². The van der Waals surface area contributed by atoms with Crippen LogP contribution in [0, 0.1) is 0 Å². The number of anilines is 1. The summed E-state index contributed by atoms with van der Waals surface area (Å²) < 4.78 is 7.00. The molecule has 1 amide bonds. The first-order valence-corrected chi connectivity index (χ1v) is 8.52. The zero-order chi connectivity index (χ0) is 17.6. The fourth-order valence-corrected chi connectivity index (χ4v) is 2.93. The van der Waals surface area contributed by atoms with E-state index < -0.39 is 0 Å². The van der Waals surface area contributed by atoms with Gasteiger partial charge in [0.1, 0.15) is 5.75 Å². The molecule has 128 valence electrons. The van der Waals surface area contributed by atoms with Crippen LogP contribution in [0.5, 0.6) is 5.75 Å². The first-order chi connectivity index (χ1) is 12.2. The fraction of sp³-hybridized carbons (Fsp3) is 0.176. The summed E-state index contributed by atoms with van der Waals surface area (Å²) >= 11 is 1.33. The predicted molar refractivity (Wildman–Crippen MR) is 96.6 cm³/mol. The molecule has 0 spiro atoms. The van der Waals surface area contributed by atoms with Gasteiger partial charge in [-0.1, -0.05) is 17.8 Å². The maximum Gasteiger partial charge on any atom is 0.234 e. The van der Waals surface area contributed by atoms with E-state index in [9.17, 15) is 4.79 Å². The summed E-state index contributed by atoms with van der Waals surface area (Å²) in [5.41, 5.74) is 1.62. The number of thioether (sulfide) groups is 1. The van der Waals surface area contributed by atoms with E-state index in [4.69, 9.17) is 4.74 Å². The van der Waals surface area contributed by atoms with Gasteiger partial charge < -0.3 is 14.6 Å². The summed E-state index contributed by atoms with van der Waals surface area (Å²) in [7, 11) is 3.46. The van der Waals surface area contributed by atoms with Gasteiger partial charge in [-0.2, -0.15) is 0 Å². The Kier molecular flexibility index (Phi) is 5.30. The van der Waals surface area contributed by atoms with Crippen molar-refractivity contribution in [1.29, 1.82) is 0 Å². The second-order valence-electron chi connectivity index (χ2n) is 5.17. The first-order valence-electron chi connectivity index (χ1n) is 7.54. The summed E-state index contributed by atoms with van der Waals surface area (Å²) in [6.45, 7) is 0. The lowest BCUT2D eigenvalue weighted by molar-refractivity contribution is -0.113. The molecule has 0 atom stereocenters. The molecule has 2 heterocycles. The molecule has 0 saturated carbocycles. The SMILES string of the molecule is COc1cccc(NC(=O)CSc2nnc(-c3ccncc3)n2C)c1. The lowest BCUT2D eigenvalue weighted by atomic mass is 10.2. The monoisotopic (exact) mass is 355 g/mol. The smallest absolute Gasteiger partial charge is 0.234 e. The molecule has 0 aliphatic heterocycles. The minimum atomic E-state index is -0.119. The van der Waals surface area contributed by atoms with E-state index in [-0.39, 0.29) is 11.7 Å². The lowest BCUT2D eigenvalue weighted by Gasteiger charge is -2.07. The van der Waals surface area contributed by atoms with Gasteiger partial charge in [0.05, 0.1) is 12.9 Å². The maximum absolute atomic E-state index is 12.1. The normalized spacial score (nSPS) is 10.5. The van der Waals surface area contributed by atoms with Gasteiger partial charge in [-0.05, 0) is 24.3 Å². The fourth-order valence-electron chi connectivity index (χ4n) is 2.22. The van der Waals surface area contributed by atoms with Gasteiger partial charge >= 0.3 is 0 Å². The van der Waals surface area contributed by atoms with Crippen molar-refractivity contribution in [2.75, 3.05) is 18.2 Å². The Morgan fingerprint density at radius 1 is 1.24 bits per heavy atom. The van der Waals surface area contributed by atoms with E-state index in [0.717, 1.165) is 11.4 Å². The number of hydrogen-bond donors (Lipinski definition) is 1. The molecule has 0 unspecified atom stereocenters. The summed E-state index contributed by atoms with van der Waals surface area (Å²) in [6, 6.07) is 11.0. The van der Waals surface area contributed by atoms with Crippen molar-refractivity contribution in [2.45, 2.75) is 5.16 Å². The van der Waals surface area contributed by atoms with Gasteiger partial charge in [-0.3, -0.25) is 9.78 Å². The van der Waals surface area contributed by atoms with Gasteiger partial charge in [0.25, 0.3) is 0 Å². The molecule has 0 fully saturated rings. The van der Waals surface area contributed by atoms with Crippen LogP contribution in [0.2, 0.25) is 0 Å². The molecule has 25 heavy (non-hydrogen) atoms.